The number of rotatable bonds is 18. The molecule has 2 aliphatic heterocycles. The Kier molecular flexibility index (Phi) is 14.8. The summed E-state index contributed by atoms with van der Waals surface area (Å²) in [7, 11) is 2.66. The summed E-state index contributed by atoms with van der Waals surface area (Å²) in [5.74, 6) is 1.13. The SMILES string of the molecule is COOC=N[C@H](C(=O)N1CCC[C@H]1c1ncc(COCC=CCOCc2cnc([C@@H]3CCCN3C(=O)[C@@H](NC(=O)OC)C(C)C)[nH]2)[nH]1)C(C)C. The third-order valence-electron chi connectivity index (χ3n) is 8.75. The average Bonchev–Trinajstić information content (AvgIpc) is 3.92. The third kappa shape index (κ3) is 10.4. The van der Waals surface area contributed by atoms with Crippen LogP contribution in [0.25, 0.3) is 0 Å². The van der Waals surface area contributed by atoms with Crippen LogP contribution in [0.1, 0.15) is 88.5 Å². The van der Waals surface area contributed by atoms with E-state index in [2.05, 4.69) is 35.1 Å². The van der Waals surface area contributed by atoms with Gasteiger partial charge in [-0.25, -0.2) is 19.8 Å². The lowest BCUT2D eigenvalue weighted by Crippen LogP contribution is -2.51. The van der Waals surface area contributed by atoms with Gasteiger partial charge in [0.05, 0.1) is 76.5 Å². The molecule has 2 fully saturated rings. The summed E-state index contributed by atoms with van der Waals surface area (Å²) in [4.78, 5) is 71.4. The number of hydrogen-bond donors (Lipinski definition) is 3. The minimum atomic E-state index is -0.680. The maximum atomic E-state index is 13.3. The summed E-state index contributed by atoms with van der Waals surface area (Å²) in [6.45, 7) is 10.4. The Balaban J connectivity index is 1.18. The van der Waals surface area contributed by atoms with Crippen molar-refractivity contribution in [3.8, 4) is 0 Å². The molecule has 4 atom stereocenters. The summed E-state index contributed by atoms with van der Waals surface area (Å²) >= 11 is 0. The molecule has 0 aromatic carbocycles. The number of carbonyl (C=O) groups excluding carboxylic acids is 3. The lowest BCUT2D eigenvalue weighted by atomic mass is 10.0. The van der Waals surface area contributed by atoms with Gasteiger partial charge in [-0.1, -0.05) is 39.8 Å². The van der Waals surface area contributed by atoms with E-state index in [1.54, 1.807) is 17.3 Å². The summed E-state index contributed by atoms with van der Waals surface area (Å²) in [5.41, 5.74) is 1.63. The summed E-state index contributed by atoms with van der Waals surface area (Å²) in [6.07, 6.45) is 11.1. The van der Waals surface area contributed by atoms with Crippen LogP contribution in [0.4, 0.5) is 4.79 Å². The van der Waals surface area contributed by atoms with Gasteiger partial charge in [0.25, 0.3) is 0 Å². The van der Waals surface area contributed by atoms with Gasteiger partial charge in [0.1, 0.15) is 23.7 Å². The zero-order chi connectivity index (χ0) is 36.0. The number of H-pyrrole nitrogens is 2. The number of alkyl carbamates (subject to hydrolysis) is 1. The highest BCUT2D eigenvalue weighted by molar-refractivity contribution is 5.86. The topological polar surface area (TPSA) is 186 Å². The summed E-state index contributed by atoms with van der Waals surface area (Å²) < 4.78 is 16.3. The van der Waals surface area contributed by atoms with Gasteiger partial charge in [0.15, 0.2) is 0 Å². The van der Waals surface area contributed by atoms with Crippen LogP contribution < -0.4 is 5.32 Å². The molecule has 4 rings (SSSR count). The second-order valence-corrected chi connectivity index (χ2v) is 13.0. The molecule has 16 nitrogen and oxygen atoms in total. The van der Waals surface area contributed by atoms with Crippen LogP contribution in [0, 0.1) is 11.8 Å². The van der Waals surface area contributed by atoms with Gasteiger partial charge in [-0.2, -0.15) is 4.89 Å². The fourth-order valence-corrected chi connectivity index (χ4v) is 6.18. The first kappa shape index (κ1) is 38.5. The highest BCUT2D eigenvalue weighted by Crippen LogP contribution is 2.33. The first-order valence-electron chi connectivity index (χ1n) is 17.2. The number of amides is 3. The molecule has 2 saturated heterocycles. The Bertz CT molecular complexity index is 1440. The first-order chi connectivity index (χ1) is 24.1. The van der Waals surface area contributed by atoms with Gasteiger partial charge >= 0.3 is 6.09 Å². The number of likely N-dealkylation sites (tertiary alicyclic amines) is 2. The van der Waals surface area contributed by atoms with Gasteiger partial charge < -0.3 is 44.2 Å². The van der Waals surface area contributed by atoms with Gasteiger partial charge in [-0.05, 0) is 37.5 Å². The van der Waals surface area contributed by atoms with E-state index in [1.165, 1.54) is 20.6 Å². The molecule has 0 saturated carbocycles. The molecule has 2 aromatic rings. The van der Waals surface area contributed by atoms with E-state index in [9.17, 15) is 14.4 Å². The van der Waals surface area contributed by atoms with Crippen molar-refractivity contribution in [2.75, 3.05) is 40.5 Å². The number of imidazole rings is 2. The predicted octanol–water partition coefficient (Wildman–Crippen LogP) is 3.76. The molecule has 16 heteroatoms. The maximum Gasteiger partial charge on any atom is 0.407 e. The quantitative estimate of drug-likeness (QED) is 0.0517. The Morgan fingerprint density at radius 1 is 0.880 bits per heavy atom. The van der Waals surface area contributed by atoms with E-state index in [-0.39, 0.29) is 35.7 Å². The molecule has 50 heavy (non-hydrogen) atoms. The standard InChI is InChI=1S/C34H52N8O8/c1-22(2)28(37-21-50-47-6)32(43)41-13-9-11-26(41)30-35-17-24(38-30)19-48-15-7-8-16-49-20-25-18-36-31(39-25)27-12-10-14-42(27)33(44)29(23(3)4)40-34(45)46-5/h7-8,17-18,21-23,26-29H,9-16,19-20H2,1-6H3,(H,35,38)(H,36,39)(H,40,45)/t26-,27-,28-,29-/m0/s1. The Morgan fingerprint density at radius 3 is 1.90 bits per heavy atom. The van der Waals surface area contributed by atoms with Crippen molar-refractivity contribution in [1.29, 1.82) is 0 Å². The molecule has 2 aliphatic rings. The van der Waals surface area contributed by atoms with Crippen molar-refractivity contribution in [3.05, 3.63) is 47.6 Å². The van der Waals surface area contributed by atoms with Gasteiger partial charge in [-0.15, -0.1) is 0 Å². The van der Waals surface area contributed by atoms with Crippen LogP contribution in [0.5, 0.6) is 0 Å². The van der Waals surface area contributed by atoms with E-state index >= 15 is 0 Å². The number of ether oxygens (including phenoxy) is 3. The fraction of sp³-hybridized carbons (Fsp3) is 0.647. The normalized spacial score (nSPS) is 19.3. The minimum Gasteiger partial charge on any atom is -0.453 e. The summed E-state index contributed by atoms with van der Waals surface area (Å²) in [6, 6.07) is -1.59. The molecule has 4 heterocycles. The van der Waals surface area contributed by atoms with Crippen LogP contribution in [0.2, 0.25) is 0 Å². The van der Waals surface area contributed by atoms with E-state index in [0.29, 0.717) is 45.3 Å². The van der Waals surface area contributed by atoms with E-state index in [0.717, 1.165) is 42.9 Å². The number of carbonyl (C=O) groups is 3. The van der Waals surface area contributed by atoms with E-state index in [1.807, 2.05) is 44.7 Å². The number of nitrogens with one attached hydrogen (secondary N) is 3. The zero-order valence-electron chi connectivity index (χ0n) is 29.9. The molecule has 2 aromatic heterocycles. The van der Waals surface area contributed by atoms with Crippen molar-refractivity contribution in [1.82, 2.24) is 35.1 Å². The second kappa shape index (κ2) is 19.2. The molecule has 0 unspecified atom stereocenters. The highest BCUT2D eigenvalue weighted by atomic mass is 17.2. The first-order valence-corrected chi connectivity index (χ1v) is 17.2. The minimum absolute atomic E-state index is 0.00715. The van der Waals surface area contributed by atoms with Gasteiger partial charge in [0.2, 0.25) is 18.2 Å². The van der Waals surface area contributed by atoms with Crippen molar-refractivity contribution < 1.29 is 38.4 Å². The van der Waals surface area contributed by atoms with Crippen molar-refractivity contribution in [2.24, 2.45) is 16.8 Å². The summed E-state index contributed by atoms with van der Waals surface area (Å²) in [5, 5.41) is 2.67. The number of methoxy groups -OCH3 is 1. The van der Waals surface area contributed by atoms with Crippen LogP contribution in [-0.4, -0.2) is 107 Å². The molecule has 0 radical (unpaired) electrons. The predicted molar refractivity (Wildman–Crippen MR) is 182 cm³/mol. The van der Waals surface area contributed by atoms with Crippen LogP contribution in [0.3, 0.4) is 0 Å². The van der Waals surface area contributed by atoms with Crippen molar-refractivity contribution >= 4 is 24.3 Å². The average molecular weight is 701 g/mol. The number of aromatic amines is 2. The fourth-order valence-electron chi connectivity index (χ4n) is 6.18. The molecule has 0 bridgehead atoms. The number of aromatic nitrogens is 4. The number of hydrogen-bond acceptors (Lipinski definition) is 11. The Morgan fingerprint density at radius 2 is 1.42 bits per heavy atom. The Labute approximate surface area is 293 Å². The van der Waals surface area contributed by atoms with Crippen molar-refractivity contribution in [2.45, 2.75) is 90.8 Å². The highest BCUT2D eigenvalue weighted by Gasteiger charge is 2.38. The lowest BCUT2D eigenvalue weighted by Gasteiger charge is -2.30. The molecule has 3 amide bonds. The van der Waals surface area contributed by atoms with Crippen LogP contribution in [-0.2, 0) is 46.8 Å². The smallest absolute Gasteiger partial charge is 0.407 e. The van der Waals surface area contributed by atoms with Crippen LogP contribution >= 0.6 is 0 Å². The van der Waals surface area contributed by atoms with Crippen molar-refractivity contribution in [3.63, 3.8) is 0 Å². The van der Waals surface area contributed by atoms with E-state index < -0.39 is 18.2 Å². The molecule has 3 N–H and O–H groups in total. The molecular formula is C34H52N8O8. The molecule has 0 aliphatic carbocycles. The number of aliphatic imine (C=N–C) groups is 1. The van der Waals surface area contributed by atoms with Crippen LogP contribution in [0.15, 0.2) is 29.5 Å². The largest absolute Gasteiger partial charge is 0.453 e. The monoisotopic (exact) mass is 700 g/mol. The second-order valence-electron chi connectivity index (χ2n) is 13.0. The molecule has 276 valence electrons. The molecular weight excluding hydrogens is 648 g/mol. The third-order valence-corrected chi connectivity index (χ3v) is 8.75. The number of nitrogens with zero attached hydrogens (tertiary/aromatic N) is 5. The maximum absolute atomic E-state index is 13.3. The Hall–Kier alpha value is -4.28. The zero-order valence-corrected chi connectivity index (χ0v) is 29.9. The van der Waals surface area contributed by atoms with E-state index in [4.69, 9.17) is 19.1 Å². The van der Waals surface area contributed by atoms with Gasteiger partial charge in [-0.3, -0.25) is 9.59 Å². The van der Waals surface area contributed by atoms with Gasteiger partial charge in [0, 0.05) is 13.1 Å². The lowest BCUT2D eigenvalue weighted by molar-refractivity contribution is -0.188. The molecule has 0 spiro atoms.